The molecule has 0 radical (unpaired) electrons. The Kier molecular flexibility index (Phi) is 3.82. The van der Waals surface area contributed by atoms with Crippen molar-refractivity contribution in [2.45, 2.75) is 37.8 Å². The summed E-state index contributed by atoms with van der Waals surface area (Å²) in [5.74, 6) is 2.32. The smallest absolute Gasteiger partial charge is 0.125 e. The van der Waals surface area contributed by atoms with Crippen LogP contribution in [0.1, 0.15) is 25.7 Å². The van der Waals surface area contributed by atoms with E-state index in [1.165, 1.54) is 32.2 Å². The minimum absolute atomic E-state index is 0.473. The van der Waals surface area contributed by atoms with Crippen LogP contribution in [0, 0.1) is 11.8 Å². The number of fused-ring (bicyclic) bond motifs is 1. The third kappa shape index (κ3) is 2.79. The molecular weight excluding hydrogens is 262 g/mol. The third-order valence-electron chi connectivity index (χ3n) is 5.52. The van der Waals surface area contributed by atoms with Crippen molar-refractivity contribution < 1.29 is 4.74 Å². The van der Waals surface area contributed by atoms with Crippen LogP contribution in [0.4, 0.5) is 5.82 Å². The zero-order chi connectivity index (χ0) is 14.1. The third-order valence-corrected chi connectivity index (χ3v) is 5.52. The van der Waals surface area contributed by atoms with Crippen LogP contribution in [0.25, 0.3) is 0 Å². The first-order valence-corrected chi connectivity index (χ1v) is 8.41. The molecule has 3 aliphatic rings. The maximum Gasteiger partial charge on any atom is 0.125 e. The Bertz CT molecular complexity index is 460. The average molecular weight is 287 g/mol. The van der Waals surface area contributed by atoms with Crippen molar-refractivity contribution >= 4 is 5.82 Å². The number of likely N-dealkylation sites (tertiary alicyclic amines) is 1. The van der Waals surface area contributed by atoms with Crippen LogP contribution < -0.4 is 5.32 Å². The van der Waals surface area contributed by atoms with Gasteiger partial charge in [0.25, 0.3) is 0 Å². The molecule has 1 saturated carbocycles. The maximum atomic E-state index is 6.07. The van der Waals surface area contributed by atoms with Gasteiger partial charge in [-0.2, -0.15) is 0 Å². The van der Waals surface area contributed by atoms with Crippen molar-refractivity contribution in [1.82, 2.24) is 9.88 Å². The average Bonchev–Trinajstić information content (AvgIpc) is 3.23. The summed E-state index contributed by atoms with van der Waals surface area (Å²) in [6.45, 7) is 4.30. The van der Waals surface area contributed by atoms with Gasteiger partial charge in [0.05, 0.1) is 12.7 Å². The minimum atomic E-state index is 0.473. The summed E-state index contributed by atoms with van der Waals surface area (Å²) in [5.41, 5.74) is 0. The van der Waals surface area contributed by atoms with E-state index in [1.54, 1.807) is 0 Å². The van der Waals surface area contributed by atoms with Gasteiger partial charge in [-0.15, -0.1) is 0 Å². The molecule has 3 fully saturated rings. The van der Waals surface area contributed by atoms with E-state index in [2.05, 4.69) is 15.2 Å². The first-order valence-electron chi connectivity index (χ1n) is 8.41. The molecule has 0 unspecified atom stereocenters. The molecule has 1 aliphatic carbocycles. The van der Waals surface area contributed by atoms with Gasteiger partial charge in [-0.25, -0.2) is 4.98 Å². The molecule has 4 nitrogen and oxygen atoms in total. The molecule has 2 aliphatic heterocycles. The number of rotatable bonds is 4. The monoisotopic (exact) mass is 287 g/mol. The summed E-state index contributed by atoms with van der Waals surface area (Å²) in [5, 5.41) is 3.47. The molecule has 114 valence electrons. The summed E-state index contributed by atoms with van der Waals surface area (Å²) in [6.07, 6.45) is 7.95. The number of anilines is 1. The molecule has 3 atom stereocenters. The van der Waals surface area contributed by atoms with Gasteiger partial charge in [-0.3, -0.25) is 4.90 Å². The summed E-state index contributed by atoms with van der Waals surface area (Å²) in [4.78, 5) is 7.04. The van der Waals surface area contributed by atoms with Gasteiger partial charge in [0.2, 0.25) is 0 Å². The van der Waals surface area contributed by atoms with Gasteiger partial charge < -0.3 is 10.1 Å². The Hall–Kier alpha value is -1.13. The Labute approximate surface area is 126 Å². The first-order chi connectivity index (χ1) is 10.4. The van der Waals surface area contributed by atoms with Crippen LogP contribution in [-0.2, 0) is 4.74 Å². The zero-order valence-electron chi connectivity index (χ0n) is 12.6. The van der Waals surface area contributed by atoms with E-state index in [0.29, 0.717) is 17.9 Å². The zero-order valence-corrected chi connectivity index (χ0v) is 12.6. The number of aromatic nitrogens is 1. The lowest BCUT2D eigenvalue weighted by Gasteiger charge is -2.25. The lowest BCUT2D eigenvalue weighted by molar-refractivity contribution is 0.0879. The fraction of sp³-hybridized carbons (Fsp3) is 0.706. The van der Waals surface area contributed by atoms with E-state index in [-0.39, 0.29) is 0 Å². The number of ether oxygens (including phenoxy) is 1. The molecular formula is C17H25N3O. The molecule has 0 amide bonds. The van der Waals surface area contributed by atoms with Crippen molar-refractivity contribution in [3.05, 3.63) is 24.4 Å². The second-order valence-electron chi connectivity index (χ2n) is 6.78. The van der Waals surface area contributed by atoms with E-state index in [9.17, 15) is 0 Å². The van der Waals surface area contributed by atoms with Gasteiger partial charge in [0, 0.05) is 43.7 Å². The highest BCUT2D eigenvalue weighted by atomic mass is 16.5. The van der Waals surface area contributed by atoms with Crippen molar-refractivity contribution in [1.29, 1.82) is 0 Å². The standard InChI is InChI=1S/C17H25N3O/c1-2-6-14(5-1)20-10-15-13(12-21-16(15)11-20)9-19-17-7-3-4-8-18-17/h3-4,7-8,13-16H,1-2,5-6,9-12H2,(H,18,19)/t13-,15-,16-/m0/s1. The van der Waals surface area contributed by atoms with E-state index in [0.717, 1.165) is 31.6 Å². The van der Waals surface area contributed by atoms with E-state index in [1.807, 2.05) is 24.4 Å². The molecule has 1 aromatic heterocycles. The van der Waals surface area contributed by atoms with Crippen molar-refractivity contribution in [2.24, 2.45) is 11.8 Å². The summed E-state index contributed by atoms with van der Waals surface area (Å²) >= 11 is 0. The highest BCUT2D eigenvalue weighted by Gasteiger charge is 2.45. The Morgan fingerprint density at radius 1 is 1.24 bits per heavy atom. The molecule has 4 rings (SSSR count). The largest absolute Gasteiger partial charge is 0.376 e. The van der Waals surface area contributed by atoms with Gasteiger partial charge in [0.15, 0.2) is 0 Å². The summed E-state index contributed by atoms with van der Waals surface area (Å²) in [6, 6.07) is 6.85. The normalized spacial score (nSPS) is 33.4. The molecule has 0 bridgehead atoms. The lowest BCUT2D eigenvalue weighted by Crippen LogP contribution is -2.34. The first kappa shape index (κ1) is 13.5. The SMILES string of the molecule is c1ccc(NC[C@H]2CO[C@H]3CN(C4CCCC4)C[C@@H]23)nc1. The van der Waals surface area contributed by atoms with E-state index >= 15 is 0 Å². The number of hydrogen-bond acceptors (Lipinski definition) is 4. The fourth-order valence-corrected chi connectivity index (χ4v) is 4.31. The van der Waals surface area contributed by atoms with Crippen LogP contribution in [-0.4, -0.2) is 48.3 Å². The minimum Gasteiger partial charge on any atom is -0.376 e. The van der Waals surface area contributed by atoms with Gasteiger partial charge in [-0.1, -0.05) is 18.9 Å². The summed E-state index contributed by atoms with van der Waals surface area (Å²) in [7, 11) is 0. The van der Waals surface area contributed by atoms with Crippen molar-refractivity contribution in [3.8, 4) is 0 Å². The lowest BCUT2D eigenvalue weighted by atomic mass is 9.93. The number of pyridine rings is 1. The van der Waals surface area contributed by atoms with Gasteiger partial charge in [-0.05, 0) is 25.0 Å². The van der Waals surface area contributed by atoms with Crippen molar-refractivity contribution in [3.63, 3.8) is 0 Å². The van der Waals surface area contributed by atoms with Crippen LogP contribution in [0.5, 0.6) is 0 Å². The molecule has 21 heavy (non-hydrogen) atoms. The van der Waals surface area contributed by atoms with Gasteiger partial charge in [0.1, 0.15) is 5.82 Å². The number of nitrogens with zero attached hydrogens (tertiary/aromatic N) is 2. The number of hydrogen-bond donors (Lipinski definition) is 1. The highest BCUT2D eigenvalue weighted by Crippen LogP contribution is 2.37. The molecule has 3 heterocycles. The summed E-state index contributed by atoms with van der Waals surface area (Å²) < 4.78 is 6.07. The molecule has 0 spiro atoms. The van der Waals surface area contributed by atoms with Crippen LogP contribution >= 0.6 is 0 Å². The highest BCUT2D eigenvalue weighted by molar-refractivity contribution is 5.33. The molecule has 2 saturated heterocycles. The molecule has 0 aromatic carbocycles. The molecule has 1 N–H and O–H groups in total. The number of nitrogens with one attached hydrogen (secondary N) is 1. The second-order valence-corrected chi connectivity index (χ2v) is 6.78. The topological polar surface area (TPSA) is 37.4 Å². The van der Waals surface area contributed by atoms with Crippen LogP contribution in [0.15, 0.2) is 24.4 Å². The van der Waals surface area contributed by atoms with Crippen LogP contribution in [0.2, 0.25) is 0 Å². The van der Waals surface area contributed by atoms with Gasteiger partial charge >= 0.3 is 0 Å². The fourth-order valence-electron chi connectivity index (χ4n) is 4.31. The quantitative estimate of drug-likeness (QED) is 0.922. The maximum absolute atomic E-state index is 6.07. The van der Waals surface area contributed by atoms with E-state index in [4.69, 9.17) is 4.74 Å². The van der Waals surface area contributed by atoms with Crippen molar-refractivity contribution in [2.75, 3.05) is 31.6 Å². The predicted octanol–water partition coefficient (Wildman–Crippen LogP) is 2.38. The second kappa shape index (κ2) is 5.93. The molecule has 1 aromatic rings. The van der Waals surface area contributed by atoms with E-state index < -0.39 is 0 Å². The molecule has 4 heteroatoms. The predicted molar refractivity (Wildman–Crippen MR) is 83.3 cm³/mol. The Morgan fingerprint density at radius 3 is 2.95 bits per heavy atom. The Morgan fingerprint density at radius 2 is 2.14 bits per heavy atom. The Balaban J connectivity index is 1.33. The van der Waals surface area contributed by atoms with Crippen LogP contribution in [0.3, 0.4) is 0 Å².